The van der Waals surface area contributed by atoms with Crippen molar-refractivity contribution >= 4 is 0 Å². The van der Waals surface area contributed by atoms with Crippen LogP contribution in [0, 0.1) is 0 Å². The van der Waals surface area contributed by atoms with Crippen molar-refractivity contribution in [2.75, 3.05) is 6.54 Å². The smallest absolute Gasteiger partial charge is 0.387 e. The Hall–Kier alpha value is -1.94. The Morgan fingerprint density at radius 3 is 2.29 bits per heavy atom. The van der Waals surface area contributed by atoms with Crippen LogP contribution in [0.4, 0.5) is 8.78 Å². The van der Waals surface area contributed by atoms with Crippen molar-refractivity contribution in [3.8, 4) is 5.75 Å². The first kappa shape index (κ1) is 15.4. The van der Waals surface area contributed by atoms with Gasteiger partial charge in [0.1, 0.15) is 5.75 Å². The van der Waals surface area contributed by atoms with Crippen molar-refractivity contribution < 1.29 is 13.5 Å². The van der Waals surface area contributed by atoms with Crippen LogP contribution in [0.15, 0.2) is 54.6 Å². The molecule has 0 spiro atoms. The van der Waals surface area contributed by atoms with E-state index in [1.807, 2.05) is 18.2 Å². The van der Waals surface area contributed by atoms with Gasteiger partial charge in [-0.1, -0.05) is 49.4 Å². The molecule has 4 heteroatoms. The van der Waals surface area contributed by atoms with E-state index in [2.05, 4.69) is 29.1 Å². The molecule has 1 unspecified atom stereocenters. The van der Waals surface area contributed by atoms with Crippen LogP contribution in [0.25, 0.3) is 0 Å². The minimum Gasteiger partial charge on any atom is -0.435 e. The SMILES string of the molecule is CC(CNCc1ccc(OC(F)F)cc1)c1ccccc1. The molecule has 0 saturated heterocycles. The van der Waals surface area contributed by atoms with Crippen LogP contribution in [-0.2, 0) is 6.54 Å². The first-order valence-corrected chi connectivity index (χ1v) is 6.94. The molecule has 0 saturated carbocycles. The maximum absolute atomic E-state index is 12.0. The highest BCUT2D eigenvalue weighted by molar-refractivity contribution is 5.27. The van der Waals surface area contributed by atoms with Crippen molar-refractivity contribution in [2.45, 2.75) is 26.0 Å². The van der Waals surface area contributed by atoms with E-state index in [0.717, 1.165) is 12.1 Å². The Bertz CT molecular complexity index is 528. The highest BCUT2D eigenvalue weighted by Gasteiger charge is 2.05. The number of rotatable bonds is 7. The van der Waals surface area contributed by atoms with Gasteiger partial charge in [0.15, 0.2) is 0 Å². The van der Waals surface area contributed by atoms with E-state index in [0.29, 0.717) is 12.5 Å². The summed E-state index contributed by atoms with van der Waals surface area (Å²) in [5, 5.41) is 3.37. The predicted molar refractivity (Wildman–Crippen MR) is 79.6 cm³/mol. The summed E-state index contributed by atoms with van der Waals surface area (Å²) in [6.45, 7) is 0.952. The van der Waals surface area contributed by atoms with Crippen LogP contribution < -0.4 is 10.1 Å². The summed E-state index contributed by atoms with van der Waals surface area (Å²) in [6.07, 6.45) is 0. The van der Waals surface area contributed by atoms with Gasteiger partial charge in [-0.2, -0.15) is 8.78 Å². The van der Waals surface area contributed by atoms with Crippen molar-refractivity contribution in [2.24, 2.45) is 0 Å². The average molecular weight is 291 g/mol. The second-order valence-electron chi connectivity index (χ2n) is 4.97. The fourth-order valence-electron chi connectivity index (χ4n) is 2.12. The van der Waals surface area contributed by atoms with Crippen LogP contribution >= 0.6 is 0 Å². The van der Waals surface area contributed by atoms with Crippen LogP contribution in [0.2, 0.25) is 0 Å². The lowest BCUT2D eigenvalue weighted by atomic mass is 10.0. The van der Waals surface area contributed by atoms with E-state index in [1.54, 1.807) is 24.3 Å². The molecular formula is C17H19F2NO. The third-order valence-electron chi connectivity index (χ3n) is 3.30. The van der Waals surface area contributed by atoms with Gasteiger partial charge in [0.05, 0.1) is 0 Å². The van der Waals surface area contributed by atoms with Gasteiger partial charge < -0.3 is 10.1 Å². The lowest BCUT2D eigenvalue weighted by Crippen LogP contribution is -2.19. The molecule has 1 atom stereocenters. The zero-order valence-corrected chi connectivity index (χ0v) is 11.9. The average Bonchev–Trinajstić information content (AvgIpc) is 2.49. The van der Waals surface area contributed by atoms with E-state index < -0.39 is 6.61 Å². The summed E-state index contributed by atoms with van der Waals surface area (Å²) in [6, 6.07) is 17.0. The van der Waals surface area contributed by atoms with Crippen molar-refractivity contribution in [1.29, 1.82) is 0 Å². The molecule has 0 aliphatic heterocycles. The molecular weight excluding hydrogens is 272 g/mol. The van der Waals surface area contributed by atoms with Crippen molar-refractivity contribution in [3.63, 3.8) is 0 Å². The predicted octanol–water partition coefficient (Wildman–Crippen LogP) is 4.18. The van der Waals surface area contributed by atoms with Crippen molar-refractivity contribution in [3.05, 3.63) is 65.7 Å². The highest BCUT2D eigenvalue weighted by atomic mass is 19.3. The summed E-state index contributed by atoms with van der Waals surface area (Å²) in [5.41, 5.74) is 2.34. The summed E-state index contributed by atoms with van der Waals surface area (Å²) < 4.78 is 28.4. The quantitative estimate of drug-likeness (QED) is 0.826. The molecule has 21 heavy (non-hydrogen) atoms. The minimum absolute atomic E-state index is 0.186. The minimum atomic E-state index is -2.78. The van der Waals surface area contributed by atoms with Gasteiger partial charge in [-0.3, -0.25) is 0 Å². The van der Waals surface area contributed by atoms with Crippen LogP contribution in [0.1, 0.15) is 24.0 Å². The molecule has 2 nitrogen and oxygen atoms in total. The molecule has 0 aromatic heterocycles. The van der Waals surface area contributed by atoms with Crippen LogP contribution in [-0.4, -0.2) is 13.2 Å². The second-order valence-corrected chi connectivity index (χ2v) is 4.97. The zero-order valence-electron chi connectivity index (χ0n) is 11.9. The summed E-state index contributed by atoms with van der Waals surface area (Å²) >= 11 is 0. The molecule has 0 heterocycles. The maximum Gasteiger partial charge on any atom is 0.387 e. The second kappa shape index (κ2) is 7.74. The molecule has 0 fully saturated rings. The van der Waals surface area contributed by atoms with Crippen molar-refractivity contribution in [1.82, 2.24) is 5.32 Å². The van der Waals surface area contributed by atoms with E-state index in [1.165, 1.54) is 5.56 Å². The third-order valence-corrected chi connectivity index (χ3v) is 3.30. The lowest BCUT2D eigenvalue weighted by molar-refractivity contribution is -0.0498. The number of nitrogens with one attached hydrogen (secondary N) is 1. The van der Waals surface area contributed by atoms with Gasteiger partial charge in [0.2, 0.25) is 0 Å². The Morgan fingerprint density at radius 1 is 1.00 bits per heavy atom. The Balaban J connectivity index is 1.78. The van der Waals surface area contributed by atoms with Gasteiger partial charge >= 0.3 is 6.61 Å². The fraction of sp³-hybridized carbons (Fsp3) is 0.294. The molecule has 0 aliphatic carbocycles. The molecule has 2 rings (SSSR count). The van der Waals surface area contributed by atoms with E-state index in [4.69, 9.17) is 0 Å². The zero-order chi connectivity index (χ0) is 15.1. The fourth-order valence-corrected chi connectivity index (χ4v) is 2.12. The molecule has 0 bridgehead atoms. The van der Waals surface area contributed by atoms with E-state index >= 15 is 0 Å². The van der Waals surface area contributed by atoms with Gasteiger partial charge in [0, 0.05) is 13.1 Å². The van der Waals surface area contributed by atoms with E-state index in [-0.39, 0.29) is 5.75 Å². The highest BCUT2D eigenvalue weighted by Crippen LogP contribution is 2.16. The molecule has 0 amide bonds. The van der Waals surface area contributed by atoms with Crippen LogP contribution in [0.3, 0.4) is 0 Å². The molecule has 0 radical (unpaired) electrons. The van der Waals surface area contributed by atoms with Gasteiger partial charge in [-0.15, -0.1) is 0 Å². The standard InChI is InChI=1S/C17H19F2NO/c1-13(15-5-3-2-4-6-15)11-20-12-14-7-9-16(10-8-14)21-17(18)19/h2-10,13,17,20H,11-12H2,1H3. The Morgan fingerprint density at radius 2 is 1.67 bits per heavy atom. The first-order valence-electron chi connectivity index (χ1n) is 6.94. The molecule has 2 aromatic rings. The number of hydrogen-bond donors (Lipinski definition) is 1. The topological polar surface area (TPSA) is 21.3 Å². The normalized spacial score (nSPS) is 12.4. The van der Waals surface area contributed by atoms with Gasteiger partial charge in [-0.25, -0.2) is 0 Å². The number of benzene rings is 2. The maximum atomic E-state index is 12.0. The van der Waals surface area contributed by atoms with Gasteiger partial charge in [0.25, 0.3) is 0 Å². The molecule has 112 valence electrons. The number of ether oxygens (including phenoxy) is 1. The molecule has 2 aromatic carbocycles. The first-order chi connectivity index (χ1) is 10.1. The monoisotopic (exact) mass is 291 g/mol. The largest absolute Gasteiger partial charge is 0.435 e. The summed E-state index contributed by atoms with van der Waals surface area (Å²) in [7, 11) is 0. The third kappa shape index (κ3) is 5.16. The number of alkyl halides is 2. The number of halogens is 2. The van der Waals surface area contributed by atoms with Crippen LogP contribution in [0.5, 0.6) is 5.75 Å². The lowest BCUT2D eigenvalue weighted by Gasteiger charge is -2.13. The molecule has 0 aliphatic rings. The Kier molecular flexibility index (Phi) is 5.69. The van der Waals surface area contributed by atoms with E-state index in [9.17, 15) is 8.78 Å². The Labute approximate surface area is 123 Å². The number of hydrogen-bond acceptors (Lipinski definition) is 2. The summed E-state index contributed by atoms with van der Waals surface area (Å²) in [5.74, 6) is 0.610. The summed E-state index contributed by atoms with van der Waals surface area (Å²) in [4.78, 5) is 0. The molecule has 1 N–H and O–H groups in total. The van der Waals surface area contributed by atoms with Gasteiger partial charge in [-0.05, 0) is 29.2 Å².